The molecule has 3 aliphatic rings. The van der Waals surface area contributed by atoms with Gasteiger partial charge >= 0.3 is 5.97 Å². The second-order valence-corrected chi connectivity index (χ2v) is 16.4. The van der Waals surface area contributed by atoms with Gasteiger partial charge in [-0.2, -0.15) is 0 Å². The van der Waals surface area contributed by atoms with E-state index < -0.39 is 34.3 Å². The first kappa shape index (κ1) is 36.2. The van der Waals surface area contributed by atoms with Gasteiger partial charge in [0.1, 0.15) is 6.04 Å². The lowest BCUT2D eigenvalue weighted by atomic mass is 9.72. The number of hydrogen-bond acceptors (Lipinski definition) is 9. The molecule has 0 radical (unpaired) electrons. The molecule has 3 fully saturated rings. The molecule has 5 N–H and O–H groups in total. The number of nitrogens with zero attached hydrogens (tertiary/aromatic N) is 1. The monoisotopic (exact) mass is 659 g/mol. The highest BCUT2D eigenvalue weighted by molar-refractivity contribution is 8.01. The van der Waals surface area contributed by atoms with Crippen molar-refractivity contribution in [2.75, 3.05) is 26.7 Å². The van der Waals surface area contributed by atoms with Gasteiger partial charge in [-0.1, -0.05) is 49.6 Å². The number of carbonyl (C=O) groups excluding carboxylic acids is 4. The van der Waals surface area contributed by atoms with E-state index in [1.807, 2.05) is 65.0 Å². The largest absolute Gasteiger partial charge is 0.467 e. The minimum Gasteiger partial charge on any atom is -0.467 e. The lowest BCUT2D eigenvalue weighted by molar-refractivity contribution is -0.145. The van der Waals surface area contributed by atoms with Crippen LogP contribution in [0.5, 0.6) is 0 Å². The minimum absolute atomic E-state index is 0.0104. The molecule has 0 spiro atoms. The highest BCUT2D eigenvalue weighted by Gasteiger charge is 2.49. The molecule has 4 rings (SSSR count). The van der Waals surface area contributed by atoms with Gasteiger partial charge in [-0.05, 0) is 64.9 Å². The van der Waals surface area contributed by atoms with Crippen LogP contribution >= 0.6 is 11.8 Å². The average Bonchev–Trinajstić information content (AvgIpc) is 3.32. The second kappa shape index (κ2) is 15.5. The predicted molar refractivity (Wildman–Crippen MR) is 179 cm³/mol. The number of fused-ring (bicyclic) bond motifs is 1. The van der Waals surface area contributed by atoms with Crippen LogP contribution in [0, 0.1) is 11.8 Å². The van der Waals surface area contributed by atoms with Crippen molar-refractivity contribution in [3.8, 4) is 0 Å². The Bertz CT molecular complexity index is 1220. The maximum absolute atomic E-state index is 13.5. The zero-order chi connectivity index (χ0) is 33.6. The van der Waals surface area contributed by atoms with E-state index >= 15 is 0 Å². The van der Waals surface area contributed by atoms with Gasteiger partial charge in [0.05, 0.1) is 31.1 Å². The first-order valence-corrected chi connectivity index (χ1v) is 17.4. The number of esters is 1. The Balaban J connectivity index is 1.35. The van der Waals surface area contributed by atoms with Gasteiger partial charge in [0.15, 0.2) is 6.04 Å². The summed E-state index contributed by atoms with van der Waals surface area (Å²) in [6, 6.07) is 7.22. The van der Waals surface area contributed by atoms with Crippen LogP contribution in [0.2, 0.25) is 0 Å². The minimum atomic E-state index is -1.01. The molecule has 46 heavy (non-hydrogen) atoms. The Kier molecular flexibility index (Phi) is 12.2. The lowest BCUT2D eigenvalue weighted by Crippen LogP contribution is -2.59. The van der Waals surface area contributed by atoms with Gasteiger partial charge in [0.2, 0.25) is 17.7 Å². The molecule has 0 bridgehead atoms. The average molecular weight is 660 g/mol. The molecule has 0 aromatic heterocycles. The summed E-state index contributed by atoms with van der Waals surface area (Å²) in [7, 11) is 1.27. The Morgan fingerprint density at radius 2 is 1.76 bits per heavy atom. The highest BCUT2D eigenvalue weighted by atomic mass is 32.2. The molecule has 2 saturated heterocycles. The van der Waals surface area contributed by atoms with Crippen LogP contribution in [0.3, 0.4) is 0 Å². The van der Waals surface area contributed by atoms with Crippen LogP contribution in [0.4, 0.5) is 0 Å². The molecular weight excluding hydrogens is 606 g/mol. The van der Waals surface area contributed by atoms with Gasteiger partial charge in [0.25, 0.3) is 0 Å². The number of carbonyl (C=O) groups is 4. The number of thioether (sulfide) groups is 1. The normalized spacial score (nSPS) is 27.5. The maximum Gasteiger partial charge on any atom is 0.330 e. The second-order valence-electron chi connectivity index (χ2n) is 14.6. The smallest absolute Gasteiger partial charge is 0.330 e. The van der Waals surface area contributed by atoms with E-state index in [9.17, 15) is 24.3 Å². The lowest BCUT2D eigenvalue weighted by Gasteiger charge is -2.46. The Hall–Kier alpha value is -2.67. The van der Waals surface area contributed by atoms with E-state index in [2.05, 4.69) is 26.2 Å². The third-order valence-electron chi connectivity index (χ3n) is 9.26. The summed E-state index contributed by atoms with van der Waals surface area (Å²) in [6.45, 7) is 10.8. The fourth-order valence-corrected chi connectivity index (χ4v) is 8.51. The van der Waals surface area contributed by atoms with E-state index in [4.69, 9.17) is 4.74 Å². The zero-order valence-corrected chi connectivity index (χ0v) is 29.0. The van der Waals surface area contributed by atoms with E-state index in [0.29, 0.717) is 11.8 Å². The molecule has 1 aromatic carbocycles. The summed E-state index contributed by atoms with van der Waals surface area (Å²) in [6.07, 6.45) is 4.71. The number of piperidine rings is 1. The molecule has 1 aliphatic carbocycles. The number of methoxy groups -OCH3 is 1. The topological polar surface area (TPSA) is 149 Å². The van der Waals surface area contributed by atoms with Gasteiger partial charge in [-0.15, -0.1) is 11.8 Å². The summed E-state index contributed by atoms with van der Waals surface area (Å²) in [5, 5.41) is 22.5. The third-order valence-corrected chi connectivity index (χ3v) is 10.8. The Labute approximate surface area is 277 Å². The van der Waals surface area contributed by atoms with Crippen LogP contribution in [0.25, 0.3) is 0 Å². The molecule has 0 unspecified atom stereocenters. The van der Waals surface area contributed by atoms with E-state index in [1.54, 1.807) is 0 Å². The number of likely N-dealkylation sites (tertiary alicyclic amines) is 1. The molecule has 11 nitrogen and oxygen atoms in total. The summed E-state index contributed by atoms with van der Waals surface area (Å²) in [5.74, 6) is -0.219. The van der Waals surface area contributed by atoms with Gasteiger partial charge in [-0.3, -0.25) is 24.6 Å². The van der Waals surface area contributed by atoms with Crippen LogP contribution in [0.1, 0.15) is 72.3 Å². The van der Waals surface area contributed by atoms with Crippen molar-refractivity contribution < 1.29 is 29.0 Å². The first-order chi connectivity index (χ1) is 21.7. The van der Waals surface area contributed by atoms with Crippen molar-refractivity contribution in [1.29, 1.82) is 0 Å². The van der Waals surface area contributed by atoms with Crippen LogP contribution in [0.15, 0.2) is 30.3 Å². The Morgan fingerprint density at radius 1 is 1.09 bits per heavy atom. The molecular formula is C34H53N5O6S. The number of hydrogen-bond donors (Lipinski definition) is 5. The third kappa shape index (κ3) is 9.68. The number of rotatable bonds is 11. The van der Waals surface area contributed by atoms with Crippen molar-refractivity contribution in [3.05, 3.63) is 35.9 Å². The van der Waals surface area contributed by atoms with Crippen LogP contribution in [-0.4, -0.2) is 100 Å². The maximum atomic E-state index is 13.5. The molecule has 256 valence electrons. The summed E-state index contributed by atoms with van der Waals surface area (Å²) in [5.41, 5.74) is 0.462. The molecule has 1 saturated carbocycles. The van der Waals surface area contributed by atoms with Crippen molar-refractivity contribution in [3.63, 3.8) is 0 Å². The van der Waals surface area contributed by atoms with Crippen molar-refractivity contribution in [2.45, 2.75) is 113 Å². The Morgan fingerprint density at radius 3 is 2.41 bits per heavy atom. The SMILES string of the molecule is COC(=O)[C@@H](NC(=O)Cc1ccccc1)[C@@H]1N[C@@H](C(=O)NC[C@@H](O)CN2C[C@H]3CCCC[C@H]3C[C@H]2C(=O)NC(C)(C)C)C(C)(C)S1. The number of nitrogens with one attached hydrogen (secondary N) is 4. The molecule has 3 amide bonds. The standard InChI is InChI=1S/C34H53N5O6S/c1-33(2,3)38-29(42)25-17-22-14-10-11-15-23(22)19-39(25)20-24(40)18-35-30(43)28-34(4,5)46-31(37-28)27(32(44)45-6)36-26(41)16-21-12-8-7-9-13-21/h7-9,12-13,22-25,27-28,31,37,40H,10-11,14-20H2,1-6H3,(H,35,43)(H,36,41)(H,38,42)/t22-,23+,24+,25-,27-,28-,31+/m0/s1. The number of amides is 3. The van der Waals surface area contributed by atoms with E-state index in [0.717, 1.165) is 31.4 Å². The number of benzene rings is 1. The van der Waals surface area contributed by atoms with Crippen LogP contribution in [-0.2, 0) is 30.3 Å². The fraction of sp³-hybridized carbons (Fsp3) is 0.706. The first-order valence-electron chi connectivity index (χ1n) is 16.5. The summed E-state index contributed by atoms with van der Waals surface area (Å²) < 4.78 is 4.37. The summed E-state index contributed by atoms with van der Waals surface area (Å²) in [4.78, 5) is 54.5. The van der Waals surface area contributed by atoms with Crippen molar-refractivity contribution >= 4 is 35.5 Å². The number of ether oxygens (including phenoxy) is 1. The number of β-amino-alcohol motifs (C(OH)–C–C–N with tert-alkyl or cyclic N) is 1. The summed E-state index contributed by atoms with van der Waals surface area (Å²) >= 11 is 1.38. The van der Waals surface area contributed by atoms with Gasteiger partial charge < -0.3 is 25.8 Å². The molecule has 2 heterocycles. The van der Waals surface area contributed by atoms with E-state index in [-0.39, 0.29) is 48.8 Å². The van der Waals surface area contributed by atoms with Crippen molar-refractivity contribution in [2.24, 2.45) is 11.8 Å². The molecule has 7 atom stereocenters. The van der Waals surface area contributed by atoms with E-state index in [1.165, 1.54) is 31.7 Å². The van der Waals surface area contributed by atoms with Gasteiger partial charge in [-0.25, -0.2) is 4.79 Å². The number of aliphatic hydroxyl groups is 1. The van der Waals surface area contributed by atoms with Crippen molar-refractivity contribution in [1.82, 2.24) is 26.2 Å². The quantitative estimate of drug-likeness (QED) is 0.225. The van der Waals surface area contributed by atoms with Crippen LogP contribution < -0.4 is 21.3 Å². The molecule has 2 aliphatic heterocycles. The highest BCUT2D eigenvalue weighted by Crippen LogP contribution is 2.40. The zero-order valence-electron chi connectivity index (χ0n) is 28.1. The molecule has 12 heteroatoms. The molecule has 1 aromatic rings. The fourth-order valence-electron chi connectivity index (χ4n) is 7.02. The number of aliphatic hydroxyl groups excluding tert-OH is 1. The predicted octanol–water partition coefficient (Wildman–Crippen LogP) is 1.97. The van der Waals surface area contributed by atoms with Gasteiger partial charge in [0, 0.05) is 29.9 Å².